The van der Waals surface area contributed by atoms with Gasteiger partial charge in [0.05, 0.1) is 0 Å². The van der Waals surface area contributed by atoms with Crippen molar-refractivity contribution >= 4 is 0 Å². The first-order valence-corrected chi connectivity index (χ1v) is 4.83. The van der Waals surface area contributed by atoms with Crippen molar-refractivity contribution in [1.29, 1.82) is 0 Å². The van der Waals surface area contributed by atoms with Crippen molar-refractivity contribution in [3.8, 4) is 0 Å². The molecule has 0 heteroatoms. The fourth-order valence-electron chi connectivity index (χ4n) is 1.27. The van der Waals surface area contributed by atoms with E-state index in [0.717, 1.165) is 0 Å². The molecule has 0 atom stereocenters. The van der Waals surface area contributed by atoms with Gasteiger partial charge < -0.3 is 0 Å². The Morgan fingerprint density at radius 1 is 1.23 bits per heavy atom. The average Bonchev–Trinajstić information content (AvgIpc) is 1.96. The third-order valence-corrected chi connectivity index (χ3v) is 2.14. The highest BCUT2D eigenvalue weighted by atomic mass is 14.2. The lowest BCUT2D eigenvalue weighted by molar-refractivity contribution is 0.498. The number of hydrogen-bond acceptors (Lipinski definition) is 0. The molecule has 0 N–H and O–H groups in total. The van der Waals surface area contributed by atoms with E-state index in [9.17, 15) is 0 Å². The van der Waals surface area contributed by atoms with Crippen LogP contribution in [-0.2, 0) is 0 Å². The van der Waals surface area contributed by atoms with Gasteiger partial charge in [-0.15, -0.1) is 0 Å². The molecule has 0 heterocycles. The summed E-state index contributed by atoms with van der Waals surface area (Å²) in [6, 6.07) is 0. The molecule has 0 aliphatic heterocycles. The minimum atomic E-state index is 0.162. The van der Waals surface area contributed by atoms with Gasteiger partial charge >= 0.3 is 0 Å². The SMILES string of the molecule is C=C/C=C(\C(=C)C(C)C)C(C)(C)C. The van der Waals surface area contributed by atoms with Crippen molar-refractivity contribution in [2.45, 2.75) is 34.6 Å². The predicted molar refractivity (Wildman–Crippen MR) is 61.7 cm³/mol. The summed E-state index contributed by atoms with van der Waals surface area (Å²) in [7, 11) is 0. The molecule has 0 rings (SSSR count). The van der Waals surface area contributed by atoms with Crippen LogP contribution in [0.4, 0.5) is 0 Å². The molecule has 0 aliphatic rings. The fourth-order valence-corrected chi connectivity index (χ4v) is 1.27. The number of rotatable bonds is 3. The third kappa shape index (κ3) is 3.63. The lowest BCUT2D eigenvalue weighted by Crippen LogP contribution is -2.13. The van der Waals surface area contributed by atoms with Crippen molar-refractivity contribution in [3.63, 3.8) is 0 Å². The van der Waals surface area contributed by atoms with E-state index in [0.29, 0.717) is 5.92 Å². The van der Waals surface area contributed by atoms with Crippen molar-refractivity contribution < 1.29 is 0 Å². The van der Waals surface area contributed by atoms with Gasteiger partial charge in [-0.3, -0.25) is 0 Å². The van der Waals surface area contributed by atoms with Crippen LogP contribution in [0.1, 0.15) is 34.6 Å². The summed E-state index contributed by atoms with van der Waals surface area (Å²) in [5, 5.41) is 0. The van der Waals surface area contributed by atoms with E-state index in [1.54, 1.807) is 0 Å². The summed E-state index contributed by atoms with van der Waals surface area (Å²) in [6.07, 6.45) is 3.91. The number of allylic oxidation sites excluding steroid dienone is 4. The van der Waals surface area contributed by atoms with Gasteiger partial charge in [-0.2, -0.15) is 0 Å². The first-order chi connectivity index (χ1) is 5.80. The summed E-state index contributed by atoms with van der Waals surface area (Å²) in [4.78, 5) is 0. The zero-order valence-electron chi connectivity index (χ0n) is 9.65. The van der Waals surface area contributed by atoms with Crippen LogP contribution >= 0.6 is 0 Å². The maximum absolute atomic E-state index is 4.12. The lowest BCUT2D eigenvalue weighted by Gasteiger charge is -2.26. The van der Waals surface area contributed by atoms with E-state index in [1.165, 1.54) is 11.1 Å². The van der Waals surface area contributed by atoms with Gasteiger partial charge in [0.1, 0.15) is 0 Å². The molecular formula is C13H22. The fraction of sp³-hybridized carbons (Fsp3) is 0.538. The Kier molecular flexibility index (Phi) is 4.19. The van der Waals surface area contributed by atoms with Crippen LogP contribution < -0.4 is 0 Å². The van der Waals surface area contributed by atoms with Crippen LogP contribution in [0, 0.1) is 11.3 Å². The Labute approximate surface area is 83.0 Å². The zero-order chi connectivity index (χ0) is 10.6. The van der Waals surface area contributed by atoms with Crippen molar-refractivity contribution in [2.75, 3.05) is 0 Å². The van der Waals surface area contributed by atoms with Gasteiger partial charge in [-0.25, -0.2) is 0 Å². The molecule has 0 aromatic heterocycles. The Hall–Kier alpha value is -0.780. The van der Waals surface area contributed by atoms with Gasteiger partial charge in [0, 0.05) is 0 Å². The van der Waals surface area contributed by atoms with Crippen LogP contribution in [-0.4, -0.2) is 0 Å². The highest BCUT2D eigenvalue weighted by molar-refractivity contribution is 5.36. The van der Waals surface area contributed by atoms with Crippen molar-refractivity contribution in [2.24, 2.45) is 11.3 Å². The van der Waals surface area contributed by atoms with Crippen LogP contribution in [0.5, 0.6) is 0 Å². The van der Waals surface area contributed by atoms with E-state index in [1.807, 2.05) is 6.08 Å². The van der Waals surface area contributed by atoms with Gasteiger partial charge in [-0.1, -0.05) is 59.9 Å². The van der Waals surface area contributed by atoms with Crippen molar-refractivity contribution in [3.05, 3.63) is 36.5 Å². The molecule has 0 bridgehead atoms. The molecule has 0 saturated heterocycles. The van der Waals surface area contributed by atoms with Crippen LogP contribution in [0.15, 0.2) is 36.5 Å². The van der Waals surface area contributed by atoms with E-state index in [4.69, 9.17) is 0 Å². The maximum atomic E-state index is 4.12. The quantitative estimate of drug-likeness (QED) is 0.563. The highest BCUT2D eigenvalue weighted by Gasteiger charge is 2.20. The summed E-state index contributed by atoms with van der Waals surface area (Å²) >= 11 is 0. The molecule has 0 saturated carbocycles. The highest BCUT2D eigenvalue weighted by Crippen LogP contribution is 2.33. The van der Waals surface area contributed by atoms with E-state index >= 15 is 0 Å². The van der Waals surface area contributed by atoms with Gasteiger partial charge in [0.2, 0.25) is 0 Å². The second-order valence-corrected chi connectivity index (χ2v) is 4.75. The second kappa shape index (κ2) is 4.45. The third-order valence-electron chi connectivity index (χ3n) is 2.14. The van der Waals surface area contributed by atoms with Gasteiger partial charge in [-0.05, 0) is 22.5 Å². The average molecular weight is 178 g/mol. The Bertz CT molecular complexity index is 221. The summed E-state index contributed by atoms with van der Waals surface area (Å²) in [5.74, 6) is 0.505. The first-order valence-electron chi connectivity index (χ1n) is 4.83. The van der Waals surface area contributed by atoms with Gasteiger partial charge in [0.25, 0.3) is 0 Å². The minimum Gasteiger partial charge on any atom is -0.0991 e. The largest absolute Gasteiger partial charge is 0.0991 e. The minimum absolute atomic E-state index is 0.162. The molecule has 0 aliphatic carbocycles. The molecule has 0 nitrogen and oxygen atoms in total. The summed E-state index contributed by atoms with van der Waals surface area (Å²) in [6.45, 7) is 18.8. The normalized spacial score (nSPS) is 13.2. The summed E-state index contributed by atoms with van der Waals surface area (Å²) in [5.41, 5.74) is 2.68. The maximum Gasteiger partial charge on any atom is -0.0129 e. The molecule has 0 radical (unpaired) electrons. The molecule has 0 aromatic carbocycles. The van der Waals surface area contributed by atoms with Crippen LogP contribution in [0.2, 0.25) is 0 Å². The second-order valence-electron chi connectivity index (χ2n) is 4.75. The van der Waals surface area contributed by atoms with E-state index < -0.39 is 0 Å². The van der Waals surface area contributed by atoms with E-state index in [-0.39, 0.29) is 5.41 Å². The summed E-state index contributed by atoms with van der Waals surface area (Å²) < 4.78 is 0. The molecule has 74 valence electrons. The molecule has 13 heavy (non-hydrogen) atoms. The van der Waals surface area contributed by atoms with Crippen LogP contribution in [0.3, 0.4) is 0 Å². The zero-order valence-corrected chi connectivity index (χ0v) is 9.65. The number of hydrogen-bond donors (Lipinski definition) is 0. The lowest BCUT2D eigenvalue weighted by atomic mass is 9.79. The topological polar surface area (TPSA) is 0 Å². The molecule has 0 unspecified atom stereocenters. The van der Waals surface area contributed by atoms with Gasteiger partial charge in [0.15, 0.2) is 0 Å². The first kappa shape index (κ1) is 12.2. The van der Waals surface area contributed by atoms with Crippen molar-refractivity contribution in [1.82, 2.24) is 0 Å². The smallest absolute Gasteiger partial charge is 0.0129 e. The molecule has 0 spiro atoms. The molecular weight excluding hydrogens is 156 g/mol. The predicted octanol–water partition coefficient (Wildman–Crippen LogP) is 4.36. The van der Waals surface area contributed by atoms with E-state index in [2.05, 4.69) is 53.9 Å². The Balaban J connectivity index is 4.95. The molecule has 0 amide bonds. The standard InChI is InChI=1S/C13H22/c1-8-9-12(13(5,6)7)11(4)10(2)3/h8-10H,1,4H2,2-3,5-7H3/b12-9+. The molecule has 0 fully saturated rings. The monoisotopic (exact) mass is 178 g/mol. The Morgan fingerprint density at radius 3 is 1.92 bits per heavy atom. The molecule has 0 aromatic rings. The van der Waals surface area contributed by atoms with Crippen LogP contribution in [0.25, 0.3) is 0 Å². The Morgan fingerprint density at radius 2 is 1.69 bits per heavy atom.